The molecule has 4 nitrogen and oxygen atoms in total. The highest BCUT2D eigenvalue weighted by Gasteiger charge is 2.12. The Bertz CT molecular complexity index is 816. The standard InChI is InChI=1S/C15H12BrN3OS/c16-11-5-6-12(10-4-2-1-3-9(10)11)19-15(20)13-8-21-14(7-17)18-13/h1-6,8H,7,17H2,(H,19,20). The molecule has 0 radical (unpaired) electrons. The number of thiazole rings is 1. The molecule has 106 valence electrons. The van der Waals surface area contributed by atoms with Crippen molar-refractivity contribution in [2.24, 2.45) is 5.73 Å². The summed E-state index contributed by atoms with van der Waals surface area (Å²) >= 11 is 4.91. The predicted octanol–water partition coefficient (Wildman–Crippen LogP) is 3.77. The molecule has 21 heavy (non-hydrogen) atoms. The van der Waals surface area contributed by atoms with Crippen molar-refractivity contribution in [2.45, 2.75) is 6.54 Å². The molecule has 1 amide bonds. The molecular formula is C15H12BrN3OS. The van der Waals surface area contributed by atoms with E-state index in [2.05, 4.69) is 26.2 Å². The van der Waals surface area contributed by atoms with E-state index in [0.717, 1.165) is 25.9 Å². The van der Waals surface area contributed by atoms with Gasteiger partial charge in [-0.1, -0.05) is 40.2 Å². The number of nitrogens with two attached hydrogens (primary N) is 1. The van der Waals surface area contributed by atoms with Gasteiger partial charge in [0, 0.05) is 27.5 Å². The number of rotatable bonds is 3. The highest BCUT2D eigenvalue weighted by atomic mass is 79.9. The topological polar surface area (TPSA) is 68.0 Å². The summed E-state index contributed by atoms with van der Waals surface area (Å²) in [5.41, 5.74) is 6.68. The van der Waals surface area contributed by atoms with E-state index in [0.29, 0.717) is 12.2 Å². The maximum Gasteiger partial charge on any atom is 0.275 e. The molecule has 0 spiro atoms. The molecule has 0 aliphatic heterocycles. The molecule has 0 fully saturated rings. The lowest BCUT2D eigenvalue weighted by Gasteiger charge is -2.09. The molecule has 0 aliphatic rings. The number of hydrogen-bond donors (Lipinski definition) is 2. The first-order chi connectivity index (χ1) is 10.2. The van der Waals surface area contributed by atoms with Crippen LogP contribution in [0.5, 0.6) is 0 Å². The Morgan fingerprint density at radius 3 is 2.71 bits per heavy atom. The number of aromatic nitrogens is 1. The summed E-state index contributed by atoms with van der Waals surface area (Å²) in [4.78, 5) is 16.4. The number of benzene rings is 2. The van der Waals surface area contributed by atoms with Gasteiger partial charge >= 0.3 is 0 Å². The minimum Gasteiger partial charge on any atom is -0.325 e. The van der Waals surface area contributed by atoms with Crippen LogP contribution in [0.15, 0.2) is 46.3 Å². The van der Waals surface area contributed by atoms with Gasteiger partial charge in [-0.3, -0.25) is 4.79 Å². The van der Waals surface area contributed by atoms with Crippen molar-refractivity contribution in [3.63, 3.8) is 0 Å². The molecule has 0 bridgehead atoms. The minimum atomic E-state index is -0.224. The number of nitrogens with one attached hydrogen (secondary N) is 1. The van der Waals surface area contributed by atoms with Gasteiger partial charge in [0.2, 0.25) is 0 Å². The summed E-state index contributed by atoms with van der Waals surface area (Å²) in [5, 5.41) is 7.41. The molecule has 6 heteroatoms. The third-order valence-corrected chi connectivity index (χ3v) is 4.64. The molecule has 3 rings (SSSR count). The lowest BCUT2D eigenvalue weighted by molar-refractivity contribution is 0.102. The zero-order valence-electron chi connectivity index (χ0n) is 11.0. The van der Waals surface area contributed by atoms with Crippen molar-refractivity contribution < 1.29 is 4.79 Å². The number of amides is 1. The highest BCUT2D eigenvalue weighted by molar-refractivity contribution is 9.10. The Balaban J connectivity index is 1.95. The summed E-state index contributed by atoms with van der Waals surface area (Å²) < 4.78 is 0.996. The minimum absolute atomic E-state index is 0.224. The molecule has 2 aromatic carbocycles. The summed E-state index contributed by atoms with van der Waals surface area (Å²) in [6.07, 6.45) is 0. The van der Waals surface area contributed by atoms with Crippen LogP contribution in [0.25, 0.3) is 10.8 Å². The normalized spacial score (nSPS) is 10.8. The Kier molecular flexibility index (Phi) is 4.01. The van der Waals surface area contributed by atoms with E-state index in [1.807, 2.05) is 36.4 Å². The number of carbonyl (C=O) groups is 1. The third-order valence-electron chi connectivity index (χ3n) is 3.08. The van der Waals surface area contributed by atoms with Crippen LogP contribution < -0.4 is 11.1 Å². The van der Waals surface area contributed by atoms with E-state index in [4.69, 9.17) is 5.73 Å². The predicted molar refractivity (Wildman–Crippen MR) is 89.6 cm³/mol. The van der Waals surface area contributed by atoms with Gasteiger partial charge in [0.15, 0.2) is 0 Å². The molecule has 0 unspecified atom stereocenters. The molecule has 0 saturated heterocycles. The van der Waals surface area contributed by atoms with Crippen molar-refractivity contribution in [3.8, 4) is 0 Å². The largest absolute Gasteiger partial charge is 0.325 e. The van der Waals surface area contributed by atoms with Crippen molar-refractivity contribution in [2.75, 3.05) is 5.32 Å². The fraction of sp³-hybridized carbons (Fsp3) is 0.0667. The van der Waals surface area contributed by atoms with Crippen LogP contribution in [0.1, 0.15) is 15.5 Å². The fourth-order valence-corrected chi connectivity index (χ4v) is 3.20. The quantitative estimate of drug-likeness (QED) is 0.745. The zero-order valence-corrected chi connectivity index (χ0v) is 13.4. The fourth-order valence-electron chi connectivity index (χ4n) is 2.07. The van der Waals surface area contributed by atoms with Gasteiger partial charge < -0.3 is 11.1 Å². The first-order valence-electron chi connectivity index (χ1n) is 6.32. The molecule has 3 aromatic rings. The van der Waals surface area contributed by atoms with Gasteiger partial charge in [0.1, 0.15) is 10.7 Å². The Hall–Kier alpha value is -1.76. The number of nitrogens with zero attached hydrogens (tertiary/aromatic N) is 1. The summed E-state index contributed by atoms with van der Waals surface area (Å²) in [7, 11) is 0. The molecule has 1 heterocycles. The van der Waals surface area contributed by atoms with Gasteiger partial charge in [0.05, 0.1) is 0 Å². The van der Waals surface area contributed by atoms with Gasteiger partial charge in [-0.25, -0.2) is 4.98 Å². The average Bonchev–Trinajstić information content (AvgIpc) is 2.99. The summed E-state index contributed by atoms with van der Waals surface area (Å²) in [6.45, 7) is 0.346. The SMILES string of the molecule is NCc1nc(C(=O)Nc2ccc(Br)c3ccccc23)cs1. The number of anilines is 1. The van der Waals surface area contributed by atoms with Crippen molar-refractivity contribution in [3.05, 3.63) is 57.0 Å². The molecule has 0 aliphatic carbocycles. The lowest BCUT2D eigenvalue weighted by atomic mass is 10.1. The number of fused-ring (bicyclic) bond motifs is 1. The van der Waals surface area contributed by atoms with E-state index in [1.165, 1.54) is 11.3 Å². The number of hydrogen-bond acceptors (Lipinski definition) is 4. The molecule has 1 aromatic heterocycles. The van der Waals surface area contributed by atoms with Gasteiger partial charge in [-0.2, -0.15) is 0 Å². The van der Waals surface area contributed by atoms with Crippen LogP contribution in [0.2, 0.25) is 0 Å². The van der Waals surface area contributed by atoms with Crippen LogP contribution in [0, 0.1) is 0 Å². The highest BCUT2D eigenvalue weighted by Crippen LogP contribution is 2.30. The second kappa shape index (κ2) is 5.93. The number of carbonyl (C=O) groups excluding carboxylic acids is 1. The monoisotopic (exact) mass is 361 g/mol. The van der Waals surface area contributed by atoms with Gasteiger partial charge in [0.25, 0.3) is 5.91 Å². The van der Waals surface area contributed by atoms with E-state index >= 15 is 0 Å². The molecule has 3 N–H and O–H groups in total. The van der Waals surface area contributed by atoms with Crippen LogP contribution in [-0.2, 0) is 6.54 Å². The summed E-state index contributed by atoms with van der Waals surface area (Å²) in [5.74, 6) is -0.224. The zero-order chi connectivity index (χ0) is 14.8. The molecular weight excluding hydrogens is 350 g/mol. The van der Waals surface area contributed by atoms with E-state index < -0.39 is 0 Å². The Labute approximate surface area is 134 Å². The van der Waals surface area contributed by atoms with E-state index in [1.54, 1.807) is 5.38 Å². The molecule has 0 saturated carbocycles. The van der Waals surface area contributed by atoms with Crippen molar-refractivity contribution in [1.82, 2.24) is 4.98 Å². The first kappa shape index (κ1) is 14.2. The number of halogens is 1. The van der Waals surface area contributed by atoms with Crippen LogP contribution in [0.3, 0.4) is 0 Å². The van der Waals surface area contributed by atoms with Gasteiger partial charge in [-0.05, 0) is 17.5 Å². The van der Waals surface area contributed by atoms with Crippen molar-refractivity contribution in [1.29, 1.82) is 0 Å². The Morgan fingerprint density at radius 2 is 2.00 bits per heavy atom. The molecule has 0 atom stereocenters. The second-order valence-electron chi connectivity index (χ2n) is 4.43. The van der Waals surface area contributed by atoms with Gasteiger partial charge in [-0.15, -0.1) is 11.3 Å². The summed E-state index contributed by atoms with van der Waals surface area (Å²) in [6, 6.07) is 11.7. The average molecular weight is 362 g/mol. The van der Waals surface area contributed by atoms with Crippen molar-refractivity contribution >= 4 is 49.6 Å². The van der Waals surface area contributed by atoms with E-state index in [-0.39, 0.29) is 5.91 Å². The van der Waals surface area contributed by atoms with E-state index in [9.17, 15) is 4.79 Å². The first-order valence-corrected chi connectivity index (χ1v) is 7.99. The second-order valence-corrected chi connectivity index (χ2v) is 6.22. The van der Waals surface area contributed by atoms with Crippen LogP contribution in [-0.4, -0.2) is 10.9 Å². The smallest absolute Gasteiger partial charge is 0.275 e. The Morgan fingerprint density at radius 1 is 1.24 bits per heavy atom. The lowest BCUT2D eigenvalue weighted by Crippen LogP contribution is -2.13. The van der Waals surface area contributed by atoms with Crippen LogP contribution in [0.4, 0.5) is 5.69 Å². The van der Waals surface area contributed by atoms with Crippen LogP contribution >= 0.6 is 27.3 Å². The maximum absolute atomic E-state index is 12.3. The third kappa shape index (κ3) is 2.83. The maximum atomic E-state index is 12.3.